The predicted octanol–water partition coefficient (Wildman–Crippen LogP) is 1.62. The maximum atomic E-state index is 12.1. The maximum Gasteiger partial charge on any atom is 0.259 e. The molecular weight excluding hydrogens is 346 g/mol. The monoisotopic (exact) mass is 365 g/mol. The maximum absolute atomic E-state index is 12.1. The van der Waals surface area contributed by atoms with E-state index in [1.807, 2.05) is 55.5 Å². The minimum atomic E-state index is -0.267. The van der Waals surface area contributed by atoms with E-state index in [0.717, 1.165) is 16.9 Å². The van der Waals surface area contributed by atoms with Crippen molar-refractivity contribution in [2.75, 3.05) is 19.0 Å². The van der Waals surface area contributed by atoms with Crippen molar-refractivity contribution in [2.24, 2.45) is 5.10 Å². The highest BCUT2D eigenvalue weighted by molar-refractivity contribution is 5.99. The third-order valence-electron chi connectivity index (χ3n) is 3.77. The molecule has 0 unspecified atom stereocenters. The molecule has 2 aromatic carbocycles. The lowest BCUT2D eigenvalue weighted by atomic mass is 10.1. The third-order valence-corrected chi connectivity index (χ3v) is 3.77. The van der Waals surface area contributed by atoms with Gasteiger partial charge < -0.3 is 10.1 Å². The molecule has 9 heteroatoms. The fourth-order valence-corrected chi connectivity index (χ4v) is 2.37. The Morgan fingerprint density at radius 1 is 1.22 bits per heavy atom. The zero-order valence-electron chi connectivity index (χ0n) is 15.0. The van der Waals surface area contributed by atoms with Crippen LogP contribution in [0.5, 0.6) is 5.75 Å². The SMILES string of the molecule is COc1ccccc1NCC(=O)N/N=C(/C)c1cccc(-n2cnnn2)c1. The molecule has 0 fully saturated rings. The number of hydrogen-bond acceptors (Lipinski definition) is 7. The molecule has 3 rings (SSSR count). The van der Waals surface area contributed by atoms with E-state index in [-0.39, 0.29) is 12.5 Å². The summed E-state index contributed by atoms with van der Waals surface area (Å²) in [5.74, 6) is 0.404. The lowest BCUT2D eigenvalue weighted by Gasteiger charge is -2.10. The Morgan fingerprint density at radius 2 is 2.07 bits per heavy atom. The molecule has 0 spiro atoms. The van der Waals surface area contributed by atoms with Crippen molar-refractivity contribution in [2.45, 2.75) is 6.92 Å². The standard InChI is InChI=1S/C18H19N7O2/c1-13(14-6-5-7-15(10-14)25-12-20-23-24-25)21-22-18(26)11-19-16-8-3-4-9-17(16)27-2/h3-10,12,19H,11H2,1-2H3,(H,22,26)/b21-13-. The molecule has 0 aliphatic rings. The first kappa shape index (κ1) is 18.1. The van der Waals surface area contributed by atoms with Crippen molar-refractivity contribution in [3.63, 3.8) is 0 Å². The van der Waals surface area contributed by atoms with Crippen LogP contribution in [-0.4, -0.2) is 45.5 Å². The number of rotatable bonds is 7. The van der Waals surface area contributed by atoms with Crippen molar-refractivity contribution in [1.82, 2.24) is 25.6 Å². The number of anilines is 1. The first-order chi connectivity index (χ1) is 13.2. The Labute approximate surface area is 156 Å². The average Bonchev–Trinajstić information content (AvgIpc) is 3.25. The molecule has 0 atom stereocenters. The van der Waals surface area contributed by atoms with Crippen LogP contribution >= 0.6 is 0 Å². The van der Waals surface area contributed by atoms with Gasteiger partial charge in [-0.15, -0.1) is 5.10 Å². The smallest absolute Gasteiger partial charge is 0.259 e. The van der Waals surface area contributed by atoms with Crippen molar-refractivity contribution in [3.8, 4) is 11.4 Å². The van der Waals surface area contributed by atoms with Gasteiger partial charge in [-0.2, -0.15) is 5.10 Å². The highest BCUT2D eigenvalue weighted by Gasteiger charge is 2.06. The highest BCUT2D eigenvalue weighted by atomic mass is 16.5. The number of carbonyl (C=O) groups excluding carboxylic acids is 1. The number of hydrazone groups is 1. The summed E-state index contributed by atoms with van der Waals surface area (Å²) in [4.78, 5) is 12.1. The average molecular weight is 365 g/mol. The Balaban J connectivity index is 1.60. The van der Waals surface area contributed by atoms with Gasteiger partial charge in [-0.3, -0.25) is 4.79 Å². The van der Waals surface area contributed by atoms with Gasteiger partial charge in [0, 0.05) is 0 Å². The van der Waals surface area contributed by atoms with E-state index >= 15 is 0 Å². The highest BCUT2D eigenvalue weighted by Crippen LogP contribution is 2.22. The van der Waals surface area contributed by atoms with Crippen molar-refractivity contribution in [3.05, 3.63) is 60.4 Å². The van der Waals surface area contributed by atoms with E-state index in [9.17, 15) is 4.79 Å². The Bertz CT molecular complexity index is 938. The quantitative estimate of drug-likeness (QED) is 0.487. The largest absolute Gasteiger partial charge is 0.495 e. The van der Waals surface area contributed by atoms with Crippen LogP contribution in [0.1, 0.15) is 12.5 Å². The number of ether oxygens (including phenoxy) is 1. The van der Waals surface area contributed by atoms with Gasteiger partial charge in [0.1, 0.15) is 12.1 Å². The van der Waals surface area contributed by atoms with Gasteiger partial charge in [-0.05, 0) is 47.2 Å². The van der Waals surface area contributed by atoms with Gasteiger partial charge in [0.05, 0.1) is 30.7 Å². The number of nitrogens with zero attached hydrogens (tertiary/aromatic N) is 5. The molecule has 1 heterocycles. The molecule has 0 aliphatic carbocycles. The molecule has 9 nitrogen and oxygen atoms in total. The molecule has 3 aromatic rings. The first-order valence-corrected chi connectivity index (χ1v) is 8.21. The van der Waals surface area contributed by atoms with Gasteiger partial charge in [-0.1, -0.05) is 24.3 Å². The molecule has 0 saturated heterocycles. The van der Waals surface area contributed by atoms with Crippen molar-refractivity contribution < 1.29 is 9.53 Å². The predicted molar refractivity (Wildman–Crippen MR) is 101 cm³/mol. The summed E-state index contributed by atoms with van der Waals surface area (Å²) in [6, 6.07) is 14.9. The number of para-hydroxylation sites is 2. The van der Waals surface area contributed by atoms with Gasteiger partial charge in [0.2, 0.25) is 0 Å². The zero-order valence-corrected chi connectivity index (χ0v) is 15.0. The number of benzene rings is 2. The van der Waals surface area contributed by atoms with E-state index in [1.54, 1.807) is 11.8 Å². The first-order valence-electron chi connectivity index (χ1n) is 8.21. The second-order valence-electron chi connectivity index (χ2n) is 5.59. The summed E-state index contributed by atoms with van der Waals surface area (Å²) >= 11 is 0. The molecule has 0 bridgehead atoms. The molecule has 27 heavy (non-hydrogen) atoms. The lowest BCUT2D eigenvalue weighted by Crippen LogP contribution is -2.26. The summed E-state index contributed by atoms with van der Waals surface area (Å²) in [6.07, 6.45) is 1.51. The van der Waals surface area contributed by atoms with Gasteiger partial charge >= 0.3 is 0 Å². The van der Waals surface area contributed by atoms with Crippen LogP contribution in [0.25, 0.3) is 5.69 Å². The fraction of sp³-hybridized carbons (Fsp3) is 0.167. The van der Waals surface area contributed by atoms with Crippen LogP contribution in [0.2, 0.25) is 0 Å². The molecule has 1 amide bonds. The summed E-state index contributed by atoms with van der Waals surface area (Å²) < 4.78 is 6.79. The number of nitrogens with one attached hydrogen (secondary N) is 2. The molecule has 0 radical (unpaired) electrons. The van der Waals surface area contributed by atoms with E-state index in [4.69, 9.17) is 4.74 Å². The topological polar surface area (TPSA) is 106 Å². The number of tetrazole rings is 1. The van der Waals surface area contributed by atoms with Crippen molar-refractivity contribution >= 4 is 17.3 Å². The van der Waals surface area contributed by atoms with Crippen LogP contribution in [0.4, 0.5) is 5.69 Å². The fourth-order valence-electron chi connectivity index (χ4n) is 2.37. The normalized spacial score (nSPS) is 11.1. The zero-order chi connectivity index (χ0) is 19.1. The summed E-state index contributed by atoms with van der Waals surface area (Å²) in [5.41, 5.74) is 5.59. The molecule has 0 aliphatic heterocycles. The number of methoxy groups -OCH3 is 1. The molecule has 138 valence electrons. The minimum absolute atomic E-state index is 0.0712. The Kier molecular flexibility index (Phi) is 5.73. The van der Waals surface area contributed by atoms with E-state index in [2.05, 4.69) is 31.4 Å². The second-order valence-corrected chi connectivity index (χ2v) is 5.59. The minimum Gasteiger partial charge on any atom is -0.495 e. The Morgan fingerprint density at radius 3 is 2.85 bits per heavy atom. The molecule has 0 saturated carbocycles. The lowest BCUT2D eigenvalue weighted by molar-refractivity contribution is -0.119. The molecule has 2 N–H and O–H groups in total. The van der Waals surface area contributed by atoms with E-state index < -0.39 is 0 Å². The van der Waals surface area contributed by atoms with Crippen LogP contribution in [0.15, 0.2) is 60.0 Å². The van der Waals surface area contributed by atoms with Gasteiger partial charge in [-0.25, -0.2) is 10.1 Å². The van der Waals surface area contributed by atoms with Crippen LogP contribution in [0.3, 0.4) is 0 Å². The molecular formula is C18H19N7O2. The number of hydrogen-bond donors (Lipinski definition) is 2. The van der Waals surface area contributed by atoms with Crippen LogP contribution in [-0.2, 0) is 4.79 Å². The van der Waals surface area contributed by atoms with E-state index in [0.29, 0.717) is 11.5 Å². The summed E-state index contributed by atoms with van der Waals surface area (Å²) in [7, 11) is 1.58. The number of amides is 1. The Hall–Kier alpha value is -3.75. The summed E-state index contributed by atoms with van der Waals surface area (Å²) in [6.45, 7) is 1.88. The molecule has 1 aromatic heterocycles. The van der Waals surface area contributed by atoms with Crippen LogP contribution in [0, 0.1) is 0 Å². The van der Waals surface area contributed by atoms with Gasteiger partial charge in [0.15, 0.2) is 0 Å². The van der Waals surface area contributed by atoms with E-state index in [1.165, 1.54) is 6.33 Å². The van der Waals surface area contributed by atoms with Gasteiger partial charge in [0.25, 0.3) is 5.91 Å². The van der Waals surface area contributed by atoms with Crippen molar-refractivity contribution in [1.29, 1.82) is 0 Å². The second kappa shape index (κ2) is 8.56. The summed E-state index contributed by atoms with van der Waals surface area (Å²) in [5, 5.41) is 18.3. The van der Waals surface area contributed by atoms with Crippen LogP contribution < -0.4 is 15.5 Å². The number of carbonyl (C=O) groups is 1. The third kappa shape index (κ3) is 4.66. The number of aromatic nitrogens is 4.